The monoisotopic (exact) mass is 739 g/mol. The van der Waals surface area contributed by atoms with E-state index >= 15 is 0 Å². The first-order chi connectivity index (χ1) is 25.9. The zero-order chi connectivity index (χ0) is 39.1. The van der Waals surface area contributed by atoms with E-state index in [1.54, 1.807) is 6.92 Å². The molecule has 0 aliphatic heterocycles. The molecular weight excluding hydrogens is 669 g/mol. The average Bonchev–Trinajstić information content (AvgIpc) is 3.18. The van der Waals surface area contributed by atoms with Crippen molar-refractivity contribution < 1.29 is 24.5 Å². The van der Waals surface area contributed by atoms with Crippen LogP contribution in [0.5, 0.6) is 5.75 Å². The van der Waals surface area contributed by atoms with Crippen molar-refractivity contribution in [3.8, 4) is 28.0 Å². The van der Waals surface area contributed by atoms with E-state index in [4.69, 9.17) is 9.47 Å². The number of benzene rings is 3. The molecule has 5 heteroatoms. The van der Waals surface area contributed by atoms with Crippen LogP contribution in [0.1, 0.15) is 141 Å². The van der Waals surface area contributed by atoms with Gasteiger partial charge in [-0.15, -0.1) is 0 Å². The van der Waals surface area contributed by atoms with Gasteiger partial charge in [0.05, 0.1) is 26.4 Å². The second kappa shape index (κ2) is 21.0. The number of hydrogen-bond donors (Lipinski definition) is 2. The lowest BCUT2D eigenvalue weighted by Crippen LogP contribution is -2.33. The van der Waals surface area contributed by atoms with Crippen LogP contribution in [0.2, 0.25) is 0 Å². The summed E-state index contributed by atoms with van der Waals surface area (Å²) in [5.74, 6) is 2.03. The molecule has 3 aromatic carbocycles. The Morgan fingerprint density at radius 2 is 1.44 bits per heavy atom. The lowest BCUT2D eigenvalue weighted by molar-refractivity contribution is -0.139. The maximum absolute atomic E-state index is 12.0. The van der Waals surface area contributed by atoms with Crippen molar-refractivity contribution in [2.24, 2.45) is 16.7 Å². The Hall–Kier alpha value is -3.41. The van der Waals surface area contributed by atoms with Crippen LogP contribution < -0.4 is 4.74 Å². The van der Waals surface area contributed by atoms with Crippen molar-refractivity contribution in [1.82, 2.24) is 0 Å². The highest BCUT2D eigenvalue weighted by Gasteiger charge is 2.30. The van der Waals surface area contributed by atoms with Crippen LogP contribution in [0.15, 0.2) is 72.8 Å². The third-order valence-electron chi connectivity index (χ3n) is 11.8. The smallest absolute Gasteiger partial charge is 0.333 e. The Bertz CT molecular complexity index is 1600. The van der Waals surface area contributed by atoms with E-state index in [1.807, 2.05) is 6.07 Å². The highest BCUT2D eigenvalue weighted by molar-refractivity contribution is 5.86. The molecule has 1 saturated carbocycles. The minimum Gasteiger partial charge on any atom is -0.493 e. The molecule has 1 fully saturated rings. The fraction of sp³-hybridized carbons (Fsp3) is 0.571. The lowest BCUT2D eigenvalue weighted by Gasteiger charge is -2.32. The molecule has 0 aromatic heterocycles. The number of ether oxygens (including phenoxy) is 2. The molecule has 1 aliphatic rings. The molecule has 296 valence electrons. The maximum Gasteiger partial charge on any atom is 0.333 e. The molecule has 0 heterocycles. The lowest BCUT2D eigenvalue weighted by atomic mass is 9.76. The molecule has 0 unspecified atom stereocenters. The number of carbonyl (C=O) groups is 1. The Labute approximate surface area is 327 Å². The van der Waals surface area contributed by atoms with Gasteiger partial charge in [-0.2, -0.15) is 0 Å². The van der Waals surface area contributed by atoms with Crippen LogP contribution in [0.25, 0.3) is 22.3 Å². The van der Waals surface area contributed by atoms with Gasteiger partial charge in [0, 0.05) is 11.0 Å². The van der Waals surface area contributed by atoms with Crippen molar-refractivity contribution in [3.05, 3.63) is 89.5 Å². The molecule has 1 aliphatic carbocycles. The summed E-state index contributed by atoms with van der Waals surface area (Å²) < 4.78 is 11.8. The number of hydrogen-bond acceptors (Lipinski definition) is 5. The molecule has 0 spiro atoms. The summed E-state index contributed by atoms with van der Waals surface area (Å²) in [6.45, 7) is 16.9. The first-order valence-electron chi connectivity index (χ1n) is 20.9. The number of aliphatic hydroxyl groups excluding tert-OH is 2. The third-order valence-corrected chi connectivity index (χ3v) is 11.8. The largest absolute Gasteiger partial charge is 0.493 e. The Kier molecular flexibility index (Phi) is 16.9. The summed E-state index contributed by atoms with van der Waals surface area (Å²) >= 11 is 0. The first kappa shape index (κ1) is 43.3. The van der Waals surface area contributed by atoms with Gasteiger partial charge in [0.1, 0.15) is 5.75 Å². The van der Waals surface area contributed by atoms with Crippen molar-refractivity contribution in [2.45, 2.75) is 137 Å². The molecule has 0 amide bonds. The SMILES string of the molecule is C=C(C)C(=O)OCCCc1cc(-c2ccc(-c3ccc(C4CCC(CCCCC)CC4)cc3)cc2CC)ccc1OCCC(CO)(CO)CCC(C)(C)C. The van der Waals surface area contributed by atoms with Gasteiger partial charge in [0.2, 0.25) is 0 Å². The van der Waals surface area contributed by atoms with Crippen molar-refractivity contribution in [2.75, 3.05) is 26.4 Å². The van der Waals surface area contributed by atoms with Gasteiger partial charge in [-0.25, -0.2) is 4.79 Å². The molecular formula is C49H70O5. The number of aryl methyl sites for hydroxylation is 2. The second-order valence-corrected chi connectivity index (χ2v) is 17.4. The van der Waals surface area contributed by atoms with Gasteiger partial charge < -0.3 is 19.7 Å². The minimum atomic E-state index is -0.588. The predicted molar refractivity (Wildman–Crippen MR) is 225 cm³/mol. The molecule has 0 saturated heterocycles. The molecule has 0 atom stereocenters. The number of rotatable bonds is 21. The summed E-state index contributed by atoms with van der Waals surface area (Å²) in [6, 6.07) is 22.6. The molecule has 0 bridgehead atoms. The topological polar surface area (TPSA) is 76.0 Å². The summed E-state index contributed by atoms with van der Waals surface area (Å²) in [6.07, 6.45) is 15.3. The van der Waals surface area contributed by atoms with E-state index in [2.05, 4.69) is 95.8 Å². The number of aliphatic hydroxyl groups is 2. The third kappa shape index (κ3) is 12.8. The van der Waals surface area contributed by atoms with Crippen LogP contribution in [0.3, 0.4) is 0 Å². The van der Waals surface area contributed by atoms with Gasteiger partial charge in [0.25, 0.3) is 0 Å². The van der Waals surface area contributed by atoms with Crippen LogP contribution in [0, 0.1) is 16.7 Å². The Morgan fingerprint density at radius 3 is 2.07 bits per heavy atom. The molecule has 5 nitrogen and oxygen atoms in total. The first-order valence-corrected chi connectivity index (χ1v) is 20.9. The molecule has 2 N–H and O–H groups in total. The van der Waals surface area contributed by atoms with Crippen LogP contribution in [0.4, 0.5) is 0 Å². The van der Waals surface area contributed by atoms with Crippen LogP contribution >= 0.6 is 0 Å². The van der Waals surface area contributed by atoms with E-state index in [9.17, 15) is 15.0 Å². The van der Waals surface area contributed by atoms with Crippen molar-refractivity contribution >= 4 is 5.97 Å². The quantitative estimate of drug-likeness (QED) is 0.0646. The molecule has 3 aromatic rings. The summed E-state index contributed by atoms with van der Waals surface area (Å²) in [5.41, 5.74) is 8.58. The van der Waals surface area contributed by atoms with Gasteiger partial charge in [-0.1, -0.05) is 115 Å². The molecule has 4 rings (SSSR count). The second-order valence-electron chi connectivity index (χ2n) is 17.4. The molecule has 0 radical (unpaired) electrons. The highest BCUT2D eigenvalue weighted by Crippen LogP contribution is 2.39. The standard InChI is InChI=1S/C49H70O5/c1-8-10-11-13-37-15-17-39(18-16-37)40-19-21-41(22-20-40)42-23-25-45(38(9-2)32-42)43-24-26-46(44(33-43)14-12-30-54-47(52)36(3)4)53-31-29-49(34-50,35-51)28-27-48(5,6)7/h19-26,32-33,37,39,50-51H,3,8-18,27-31,34-35H2,1-2,4-7H3. The Morgan fingerprint density at radius 1 is 0.778 bits per heavy atom. The highest BCUT2D eigenvalue weighted by atomic mass is 16.5. The average molecular weight is 739 g/mol. The number of esters is 1. The summed E-state index contributed by atoms with van der Waals surface area (Å²) in [5, 5.41) is 20.6. The molecule has 54 heavy (non-hydrogen) atoms. The van der Waals surface area contributed by atoms with E-state index in [-0.39, 0.29) is 24.6 Å². The van der Waals surface area contributed by atoms with E-state index in [1.165, 1.54) is 79.2 Å². The summed E-state index contributed by atoms with van der Waals surface area (Å²) in [4.78, 5) is 12.0. The maximum atomic E-state index is 12.0. The normalized spacial score (nSPS) is 16.3. The Balaban J connectivity index is 1.49. The predicted octanol–water partition coefficient (Wildman–Crippen LogP) is 12.1. The minimum absolute atomic E-state index is 0.0804. The van der Waals surface area contributed by atoms with E-state index < -0.39 is 5.41 Å². The zero-order valence-electron chi connectivity index (χ0n) is 34.5. The fourth-order valence-electron chi connectivity index (χ4n) is 7.91. The number of unbranched alkanes of at least 4 members (excludes halogenated alkanes) is 2. The van der Waals surface area contributed by atoms with Crippen molar-refractivity contribution in [3.63, 3.8) is 0 Å². The van der Waals surface area contributed by atoms with Crippen LogP contribution in [-0.2, 0) is 22.4 Å². The van der Waals surface area contributed by atoms with Gasteiger partial charge in [0.15, 0.2) is 0 Å². The van der Waals surface area contributed by atoms with Crippen LogP contribution in [-0.4, -0.2) is 42.6 Å². The zero-order valence-corrected chi connectivity index (χ0v) is 34.5. The fourth-order valence-corrected chi connectivity index (χ4v) is 7.91. The van der Waals surface area contributed by atoms with Gasteiger partial charge >= 0.3 is 5.97 Å². The van der Waals surface area contributed by atoms with Crippen molar-refractivity contribution in [1.29, 1.82) is 0 Å². The number of carbonyl (C=O) groups excluding carboxylic acids is 1. The van der Waals surface area contributed by atoms with Gasteiger partial charge in [-0.05, 0) is 139 Å². The van der Waals surface area contributed by atoms with Gasteiger partial charge in [-0.3, -0.25) is 0 Å². The van der Waals surface area contributed by atoms with E-state index in [0.29, 0.717) is 44.0 Å². The summed E-state index contributed by atoms with van der Waals surface area (Å²) in [7, 11) is 0. The van der Waals surface area contributed by atoms with E-state index in [0.717, 1.165) is 42.1 Å².